The Morgan fingerprint density at radius 2 is 1.74 bits per heavy atom. The molecule has 10 heteroatoms. The molecule has 0 saturated heterocycles. The third-order valence-corrected chi connectivity index (χ3v) is 6.61. The second-order valence-corrected chi connectivity index (χ2v) is 9.62. The summed E-state index contributed by atoms with van der Waals surface area (Å²) in [5, 5.41) is 8.50. The number of fused-ring (bicyclic) bond motifs is 1. The number of esters is 1. The summed E-state index contributed by atoms with van der Waals surface area (Å²) in [5.74, 6) is -0.921. The van der Waals surface area contributed by atoms with Crippen LogP contribution >= 0.6 is 11.3 Å². The number of amides is 1. The molecule has 4 rings (SSSR count). The number of aromatic nitrogens is 4. The lowest BCUT2D eigenvalue weighted by Gasteiger charge is -2.18. The number of carbonyl (C=O) groups excluding carboxylic acids is 2. The summed E-state index contributed by atoms with van der Waals surface area (Å²) in [5.41, 5.74) is 3.02. The molecule has 0 bridgehead atoms. The number of para-hydroxylation sites is 1. The van der Waals surface area contributed by atoms with Gasteiger partial charge in [-0.15, -0.1) is 0 Å². The van der Waals surface area contributed by atoms with Gasteiger partial charge in [0.2, 0.25) is 5.91 Å². The summed E-state index contributed by atoms with van der Waals surface area (Å²) in [6.07, 6.45) is -0.268. The van der Waals surface area contributed by atoms with Crippen molar-refractivity contribution >= 4 is 39.4 Å². The van der Waals surface area contributed by atoms with Gasteiger partial charge in [-0.3, -0.25) is 14.2 Å². The lowest BCUT2D eigenvalue weighted by atomic mass is 10.1. The van der Waals surface area contributed by atoms with Gasteiger partial charge in [-0.2, -0.15) is 5.10 Å². The molecule has 4 aromatic rings. The van der Waals surface area contributed by atoms with Crippen molar-refractivity contribution in [2.45, 2.75) is 53.7 Å². The van der Waals surface area contributed by atoms with E-state index in [1.54, 1.807) is 32.4 Å². The van der Waals surface area contributed by atoms with Gasteiger partial charge in [0.1, 0.15) is 16.6 Å². The topological polar surface area (TPSA) is 108 Å². The van der Waals surface area contributed by atoms with E-state index in [-0.39, 0.29) is 16.8 Å². The molecule has 0 saturated carbocycles. The van der Waals surface area contributed by atoms with E-state index in [0.29, 0.717) is 16.2 Å². The Morgan fingerprint density at radius 1 is 1.06 bits per heavy atom. The van der Waals surface area contributed by atoms with Crippen LogP contribution in [-0.4, -0.2) is 37.3 Å². The highest BCUT2D eigenvalue weighted by atomic mass is 32.1. The minimum absolute atomic E-state index is 0.263. The summed E-state index contributed by atoms with van der Waals surface area (Å²) >= 11 is 1.04. The number of nitrogens with zero attached hydrogens (tertiary/aromatic N) is 4. The van der Waals surface area contributed by atoms with Gasteiger partial charge in [0.25, 0.3) is 5.56 Å². The van der Waals surface area contributed by atoms with E-state index in [2.05, 4.69) is 15.4 Å². The van der Waals surface area contributed by atoms with E-state index < -0.39 is 17.9 Å². The monoisotopic (exact) mass is 493 g/mol. The molecule has 0 aliphatic heterocycles. The lowest BCUT2D eigenvalue weighted by molar-refractivity contribution is -0.118. The van der Waals surface area contributed by atoms with Gasteiger partial charge in [-0.05, 0) is 59.2 Å². The van der Waals surface area contributed by atoms with Crippen molar-refractivity contribution in [1.29, 1.82) is 0 Å². The normalized spacial score (nSPS) is 12.2. The van der Waals surface area contributed by atoms with Crippen LogP contribution < -0.4 is 10.9 Å². The molecule has 1 unspecified atom stereocenters. The van der Waals surface area contributed by atoms with Crippen LogP contribution in [0.25, 0.3) is 16.7 Å². The molecule has 0 spiro atoms. The molecule has 9 nitrogen and oxygen atoms in total. The van der Waals surface area contributed by atoms with Crippen LogP contribution in [0.1, 0.15) is 53.4 Å². The molecule has 0 aliphatic carbocycles. The Labute approximate surface area is 206 Å². The summed E-state index contributed by atoms with van der Waals surface area (Å²) < 4.78 is 8.38. The molecular weight excluding hydrogens is 466 g/mol. The highest BCUT2D eigenvalue weighted by Crippen LogP contribution is 2.28. The van der Waals surface area contributed by atoms with Crippen molar-refractivity contribution in [3.05, 3.63) is 68.6 Å². The van der Waals surface area contributed by atoms with Crippen molar-refractivity contribution < 1.29 is 14.3 Å². The number of pyridine rings is 1. The average molecular weight is 494 g/mol. The van der Waals surface area contributed by atoms with Crippen LogP contribution in [0, 0.1) is 20.8 Å². The van der Waals surface area contributed by atoms with E-state index in [0.717, 1.165) is 33.7 Å². The van der Waals surface area contributed by atoms with E-state index >= 15 is 0 Å². The van der Waals surface area contributed by atoms with Gasteiger partial charge in [-0.1, -0.05) is 29.5 Å². The average Bonchev–Trinajstić information content (AvgIpc) is 3.33. The first-order valence-corrected chi connectivity index (χ1v) is 12.1. The predicted octanol–water partition coefficient (Wildman–Crippen LogP) is 4.33. The Kier molecular flexibility index (Phi) is 6.58. The van der Waals surface area contributed by atoms with Crippen LogP contribution in [0.2, 0.25) is 0 Å². The maximum Gasteiger partial charge on any atom is 0.350 e. The van der Waals surface area contributed by atoms with E-state index in [1.165, 1.54) is 10.6 Å². The molecule has 3 heterocycles. The van der Waals surface area contributed by atoms with Crippen molar-refractivity contribution in [2.24, 2.45) is 0 Å². The SMILES string of the molecule is Cc1nc(NC(=O)C(C)n2c(=O)cc(C)c3c(C)nn(-c4ccccc4)c32)sc1C(=O)OC(C)C. The summed E-state index contributed by atoms with van der Waals surface area (Å²) in [7, 11) is 0. The first kappa shape index (κ1) is 24.3. The summed E-state index contributed by atoms with van der Waals surface area (Å²) in [6.45, 7) is 10.6. The Hall–Kier alpha value is -3.79. The Bertz CT molecular complexity index is 1480. The lowest BCUT2D eigenvalue weighted by Crippen LogP contribution is -2.32. The standard InChI is InChI=1S/C25H27N5O4S/c1-13(2)34-24(33)21-16(5)26-25(35-21)27-22(32)17(6)29-19(31)12-14(3)20-15(4)28-30(23(20)29)18-10-8-7-9-11-18/h7-13,17H,1-6H3,(H,26,27,32). The number of ether oxygens (including phenoxy) is 1. The van der Waals surface area contributed by atoms with Crippen molar-refractivity contribution in [2.75, 3.05) is 5.32 Å². The smallest absolute Gasteiger partial charge is 0.350 e. The van der Waals surface area contributed by atoms with Gasteiger partial charge in [0, 0.05) is 11.5 Å². The van der Waals surface area contributed by atoms with Gasteiger partial charge in [0.15, 0.2) is 5.13 Å². The molecule has 1 amide bonds. The number of anilines is 1. The van der Waals surface area contributed by atoms with E-state index in [9.17, 15) is 14.4 Å². The highest BCUT2D eigenvalue weighted by molar-refractivity contribution is 7.17. The molecule has 1 aromatic carbocycles. The van der Waals surface area contributed by atoms with Crippen molar-refractivity contribution in [3.63, 3.8) is 0 Å². The molecule has 0 aliphatic rings. The first-order chi connectivity index (χ1) is 16.6. The van der Waals surface area contributed by atoms with E-state index in [4.69, 9.17) is 4.74 Å². The summed E-state index contributed by atoms with van der Waals surface area (Å²) in [6, 6.07) is 10.1. The minimum atomic E-state index is -0.876. The Morgan fingerprint density at radius 3 is 2.40 bits per heavy atom. The fourth-order valence-corrected chi connectivity index (χ4v) is 4.84. The third kappa shape index (κ3) is 4.61. The maximum atomic E-state index is 13.3. The maximum absolute atomic E-state index is 13.3. The van der Waals surface area contributed by atoms with Crippen LogP contribution in [-0.2, 0) is 9.53 Å². The molecule has 182 valence electrons. The number of hydrogen-bond donors (Lipinski definition) is 1. The van der Waals surface area contributed by atoms with E-state index in [1.807, 2.05) is 44.2 Å². The largest absolute Gasteiger partial charge is 0.459 e. The molecule has 1 atom stereocenters. The highest BCUT2D eigenvalue weighted by Gasteiger charge is 2.26. The van der Waals surface area contributed by atoms with Crippen molar-refractivity contribution in [1.82, 2.24) is 19.3 Å². The van der Waals surface area contributed by atoms with Crippen LogP contribution in [0.4, 0.5) is 5.13 Å². The zero-order valence-corrected chi connectivity index (χ0v) is 21.3. The minimum Gasteiger partial charge on any atom is -0.459 e. The van der Waals surface area contributed by atoms with Crippen LogP contribution in [0.5, 0.6) is 0 Å². The molecule has 0 radical (unpaired) electrons. The van der Waals surface area contributed by atoms with Crippen LogP contribution in [0.3, 0.4) is 0 Å². The third-order valence-electron chi connectivity index (χ3n) is 5.56. The summed E-state index contributed by atoms with van der Waals surface area (Å²) in [4.78, 5) is 43.4. The second-order valence-electron chi connectivity index (χ2n) is 8.62. The fraction of sp³-hybridized carbons (Fsp3) is 0.320. The molecule has 35 heavy (non-hydrogen) atoms. The fourth-order valence-electron chi connectivity index (χ4n) is 3.99. The second kappa shape index (κ2) is 9.46. The number of thiazole rings is 1. The Balaban J connectivity index is 1.74. The molecule has 0 fully saturated rings. The quantitative estimate of drug-likeness (QED) is 0.401. The number of hydrogen-bond acceptors (Lipinski definition) is 7. The molecular formula is C25H27N5O4S. The van der Waals surface area contributed by atoms with Gasteiger partial charge >= 0.3 is 5.97 Å². The zero-order valence-electron chi connectivity index (χ0n) is 20.4. The number of nitrogens with one attached hydrogen (secondary N) is 1. The van der Waals surface area contributed by atoms with Gasteiger partial charge in [-0.25, -0.2) is 14.5 Å². The number of carbonyl (C=O) groups is 2. The number of aryl methyl sites for hydroxylation is 3. The zero-order chi connectivity index (χ0) is 25.4. The molecule has 3 aromatic heterocycles. The predicted molar refractivity (Wildman–Crippen MR) is 136 cm³/mol. The van der Waals surface area contributed by atoms with Gasteiger partial charge in [0.05, 0.1) is 23.2 Å². The van der Waals surface area contributed by atoms with Gasteiger partial charge < -0.3 is 10.1 Å². The molecule has 1 N–H and O–H groups in total. The number of benzene rings is 1. The van der Waals surface area contributed by atoms with Crippen molar-refractivity contribution in [3.8, 4) is 5.69 Å². The first-order valence-electron chi connectivity index (χ1n) is 11.2. The number of rotatable bonds is 6. The van der Waals surface area contributed by atoms with Crippen LogP contribution in [0.15, 0.2) is 41.2 Å².